The van der Waals surface area contributed by atoms with Crippen molar-refractivity contribution < 1.29 is 4.79 Å². The van der Waals surface area contributed by atoms with Crippen LogP contribution in [0.25, 0.3) is 0 Å². The van der Waals surface area contributed by atoms with Crippen LogP contribution in [-0.4, -0.2) is 11.4 Å². The Morgan fingerprint density at radius 1 is 1.33 bits per heavy atom. The Bertz CT molecular complexity index is 436. The molecule has 98 valence electrons. The summed E-state index contributed by atoms with van der Waals surface area (Å²) in [6.45, 7) is 4.07. The second-order valence-electron chi connectivity index (χ2n) is 5.41. The zero-order valence-electron chi connectivity index (χ0n) is 11.2. The van der Waals surface area contributed by atoms with Gasteiger partial charge in [-0.3, -0.25) is 4.79 Å². The summed E-state index contributed by atoms with van der Waals surface area (Å²) in [6.07, 6.45) is 3.73. The zero-order valence-corrected chi connectivity index (χ0v) is 11.2. The maximum Gasteiger partial charge on any atom is 0.240 e. The monoisotopic (exact) mass is 246 g/mol. The van der Waals surface area contributed by atoms with Crippen molar-refractivity contribution in [2.45, 2.75) is 51.1 Å². The van der Waals surface area contributed by atoms with Gasteiger partial charge in [0.2, 0.25) is 5.91 Å². The number of hydrogen-bond acceptors (Lipinski definition) is 2. The van der Waals surface area contributed by atoms with E-state index in [4.69, 9.17) is 5.73 Å². The van der Waals surface area contributed by atoms with Gasteiger partial charge in [-0.05, 0) is 37.8 Å². The van der Waals surface area contributed by atoms with Crippen molar-refractivity contribution in [3.05, 3.63) is 35.4 Å². The topological polar surface area (TPSA) is 55.1 Å². The van der Waals surface area contributed by atoms with Crippen molar-refractivity contribution in [1.82, 2.24) is 5.32 Å². The van der Waals surface area contributed by atoms with Gasteiger partial charge in [-0.2, -0.15) is 0 Å². The lowest BCUT2D eigenvalue weighted by atomic mass is 9.96. The Morgan fingerprint density at radius 2 is 1.94 bits per heavy atom. The van der Waals surface area contributed by atoms with Crippen LogP contribution in [0, 0.1) is 6.92 Å². The number of rotatable bonds is 3. The maximum atomic E-state index is 12.2. The summed E-state index contributed by atoms with van der Waals surface area (Å²) < 4.78 is 0. The first-order valence-corrected chi connectivity index (χ1v) is 6.68. The molecule has 1 fully saturated rings. The van der Waals surface area contributed by atoms with Gasteiger partial charge in [0.1, 0.15) is 0 Å². The molecule has 0 heterocycles. The highest BCUT2D eigenvalue weighted by Gasteiger charge is 2.37. The van der Waals surface area contributed by atoms with E-state index in [2.05, 4.69) is 24.4 Å². The van der Waals surface area contributed by atoms with Gasteiger partial charge in [-0.25, -0.2) is 0 Å². The summed E-state index contributed by atoms with van der Waals surface area (Å²) >= 11 is 0. The molecule has 0 saturated heterocycles. The third-order valence-corrected chi connectivity index (χ3v) is 3.95. The number of nitrogens with two attached hydrogens (primary N) is 1. The average Bonchev–Trinajstić information content (AvgIpc) is 2.78. The van der Waals surface area contributed by atoms with E-state index in [0.717, 1.165) is 31.2 Å². The highest BCUT2D eigenvalue weighted by molar-refractivity contribution is 5.86. The van der Waals surface area contributed by atoms with Crippen LogP contribution >= 0.6 is 0 Å². The van der Waals surface area contributed by atoms with E-state index in [1.54, 1.807) is 0 Å². The van der Waals surface area contributed by atoms with Gasteiger partial charge in [0.05, 0.1) is 11.6 Å². The first-order valence-electron chi connectivity index (χ1n) is 6.68. The van der Waals surface area contributed by atoms with Crippen molar-refractivity contribution in [2.75, 3.05) is 0 Å². The molecule has 1 aromatic carbocycles. The van der Waals surface area contributed by atoms with Crippen molar-refractivity contribution in [3.8, 4) is 0 Å². The minimum absolute atomic E-state index is 0.00393. The third-order valence-electron chi connectivity index (χ3n) is 3.95. The standard InChI is InChI=1S/C15H22N2O/c1-11-7-3-4-8-13(11)12(2)17-14(18)15(16)9-5-6-10-15/h3-4,7-8,12H,5-6,9-10,16H2,1-2H3,(H,17,18)/t12-/m0/s1. The summed E-state index contributed by atoms with van der Waals surface area (Å²) in [6, 6.07) is 8.14. The van der Waals surface area contributed by atoms with Crippen molar-refractivity contribution in [3.63, 3.8) is 0 Å². The van der Waals surface area contributed by atoms with Gasteiger partial charge < -0.3 is 11.1 Å². The molecule has 3 heteroatoms. The van der Waals surface area contributed by atoms with Crippen molar-refractivity contribution >= 4 is 5.91 Å². The van der Waals surface area contributed by atoms with Gasteiger partial charge in [-0.1, -0.05) is 37.1 Å². The number of benzene rings is 1. The molecule has 0 spiro atoms. The molecule has 0 unspecified atom stereocenters. The van der Waals surface area contributed by atoms with E-state index >= 15 is 0 Å². The highest BCUT2D eigenvalue weighted by Crippen LogP contribution is 2.28. The molecule has 0 bridgehead atoms. The predicted molar refractivity (Wildman–Crippen MR) is 73.1 cm³/mol. The fraction of sp³-hybridized carbons (Fsp3) is 0.533. The molecule has 1 aliphatic rings. The quantitative estimate of drug-likeness (QED) is 0.860. The molecule has 18 heavy (non-hydrogen) atoms. The minimum atomic E-state index is -0.642. The summed E-state index contributed by atoms with van der Waals surface area (Å²) in [5, 5.41) is 3.06. The van der Waals surface area contributed by atoms with Crippen molar-refractivity contribution in [2.24, 2.45) is 5.73 Å². The summed E-state index contributed by atoms with van der Waals surface area (Å²) in [4.78, 5) is 12.2. The van der Waals surface area contributed by atoms with Crippen LogP contribution in [0.2, 0.25) is 0 Å². The Morgan fingerprint density at radius 3 is 2.56 bits per heavy atom. The molecule has 2 rings (SSSR count). The SMILES string of the molecule is Cc1ccccc1[C@H](C)NC(=O)C1(N)CCCC1. The molecular formula is C15H22N2O. The minimum Gasteiger partial charge on any atom is -0.348 e. The van der Waals surface area contributed by atoms with Crippen LogP contribution in [0.1, 0.15) is 49.8 Å². The van der Waals surface area contributed by atoms with Gasteiger partial charge >= 0.3 is 0 Å². The molecule has 1 amide bonds. The smallest absolute Gasteiger partial charge is 0.240 e. The molecule has 3 nitrogen and oxygen atoms in total. The molecule has 1 saturated carbocycles. The number of amides is 1. The summed E-state index contributed by atoms with van der Waals surface area (Å²) in [5.74, 6) is -0.00393. The van der Waals surface area contributed by atoms with E-state index in [1.165, 1.54) is 5.56 Å². The van der Waals surface area contributed by atoms with Crippen molar-refractivity contribution in [1.29, 1.82) is 0 Å². The Labute approximate surface area is 109 Å². The first-order chi connectivity index (χ1) is 8.53. The van der Waals surface area contributed by atoms with E-state index < -0.39 is 5.54 Å². The van der Waals surface area contributed by atoms with Crippen LogP contribution < -0.4 is 11.1 Å². The van der Waals surface area contributed by atoms with Crippen LogP contribution in [0.3, 0.4) is 0 Å². The number of aryl methyl sites for hydroxylation is 1. The van der Waals surface area contributed by atoms with Gasteiger partial charge in [0, 0.05) is 0 Å². The zero-order chi connectivity index (χ0) is 13.2. The van der Waals surface area contributed by atoms with E-state index in [0.29, 0.717) is 0 Å². The Balaban J connectivity index is 2.06. The number of nitrogens with one attached hydrogen (secondary N) is 1. The first kappa shape index (κ1) is 13.1. The lowest BCUT2D eigenvalue weighted by Crippen LogP contribution is -2.52. The van der Waals surface area contributed by atoms with Gasteiger partial charge in [0.25, 0.3) is 0 Å². The molecule has 0 radical (unpaired) electrons. The lowest BCUT2D eigenvalue weighted by molar-refractivity contribution is -0.126. The molecule has 3 N–H and O–H groups in total. The van der Waals surface area contributed by atoms with E-state index in [-0.39, 0.29) is 11.9 Å². The normalized spacial score (nSPS) is 19.5. The Kier molecular flexibility index (Phi) is 3.71. The van der Waals surface area contributed by atoms with E-state index in [1.807, 2.05) is 19.1 Å². The summed E-state index contributed by atoms with van der Waals surface area (Å²) in [7, 11) is 0. The Hall–Kier alpha value is -1.35. The van der Waals surface area contributed by atoms with Crippen LogP contribution in [0.15, 0.2) is 24.3 Å². The molecule has 1 aromatic rings. The second-order valence-corrected chi connectivity index (χ2v) is 5.41. The largest absolute Gasteiger partial charge is 0.348 e. The fourth-order valence-corrected chi connectivity index (χ4v) is 2.72. The predicted octanol–water partition coefficient (Wildman–Crippen LogP) is 2.44. The fourth-order valence-electron chi connectivity index (χ4n) is 2.72. The van der Waals surface area contributed by atoms with Gasteiger partial charge in [0.15, 0.2) is 0 Å². The highest BCUT2D eigenvalue weighted by atomic mass is 16.2. The van der Waals surface area contributed by atoms with Crippen LogP contribution in [0.4, 0.5) is 0 Å². The summed E-state index contributed by atoms with van der Waals surface area (Å²) in [5.41, 5.74) is 7.87. The number of hydrogen-bond donors (Lipinski definition) is 2. The van der Waals surface area contributed by atoms with Crippen LogP contribution in [-0.2, 0) is 4.79 Å². The van der Waals surface area contributed by atoms with Crippen LogP contribution in [0.5, 0.6) is 0 Å². The average molecular weight is 246 g/mol. The molecular weight excluding hydrogens is 224 g/mol. The number of carbonyl (C=O) groups excluding carboxylic acids is 1. The van der Waals surface area contributed by atoms with E-state index in [9.17, 15) is 4.79 Å². The third kappa shape index (κ3) is 2.56. The van der Waals surface area contributed by atoms with Gasteiger partial charge in [-0.15, -0.1) is 0 Å². The molecule has 1 atom stereocenters. The molecule has 0 aliphatic heterocycles. The lowest BCUT2D eigenvalue weighted by Gasteiger charge is -2.25. The molecule has 0 aromatic heterocycles. The molecule has 1 aliphatic carbocycles. The number of carbonyl (C=O) groups is 1. The second kappa shape index (κ2) is 5.11. The maximum absolute atomic E-state index is 12.2.